The first-order chi connectivity index (χ1) is 10.4. The third-order valence-corrected chi connectivity index (χ3v) is 4.75. The van der Waals surface area contributed by atoms with Crippen LogP contribution in [0.4, 0.5) is 5.69 Å². The molecule has 1 atom stereocenters. The highest BCUT2D eigenvalue weighted by molar-refractivity contribution is 5.58. The van der Waals surface area contributed by atoms with Crippen molar-refractivity contribution >= 4 is 5.69 Å². The van der Waals surface area contributed by atoms with Gasteiger partial charge in [-0.1, -0.05) is 30.3 Å². The van der Waals surface area contributed by atoms with Crippen LogP contribution in [0, 0.1) is 0 Å². The lowest BCUT2D eigenvalue weighted by Crippen LogP contribution is -2.53. The third-order valence-electron chi connectivity index (χ3n) is 4.75. The summed E-state index contributed by atoms with van der Waals surface area (Å²) < 4.78 is 0. The van der Waals surface area contributed by atoms with Crippen LogP contribution in [-0.2, 0) is 12.8 Å². The molecule has 0 unspecified atom stereocenters. The van der Waals surface area contributed by atoms with Crippen LogP contribution < -0.4 is 10.2 Å². The number of anilines is 1. The molecule has 1 fully saturated rings. The lowest BCUT2D eigenvalue weighted by atomic mass is 9.90. The van der Waals surface area contributed by atoms with Gasteiger partial charge in [-0.15, -0.1) is 0 Å². The van der Waals surface area contributed by atoms with E-state index >= 15 is 0 Å². The molecule has 4 rings (SSSR count). The molecule has 2 aliphatic rings. The van der Waals surface area contributed by atoms with Crippen molar-refractivity contribution in [2.75, 3.05) is 24.5 Å². The van der Waals surface area contributed by atoms with Crippen molar-refractivity contribution in [1.82, 2.24) is 10.3 Å². The summed E-state index contributed by atoms with van der Waals surface area (Å²) in [6.45, 7) is 3.30. The molecule has 0 spiro atoms. The minimum atomic E-state index is 0.653. The highest BCUT2D eigenvalue weighted by Crippen LogP contribution is 2.33. The molecule has 3 nitrogen and oxygen atoms in total. The molecular weight excluding hydrogens is 258 g/mol. The number of hydrogen-bond acceptors (Lipinski definition) is 3. The fourth-order valence-electron chi connectivity index (χ4n) is 3.67. The Bertz CT molecular complexity index is 624. The molecule has 2 aromatic rings. The summed E-state index contributed by atoms with van der Waals surface area (Å²) in [6, 6.07) is 11.4. The number of fused-ring (bicyclic) bond motifs is 3. The van der Waals surface area contributed by atoms with E-state index in [1.807, 2.05) is 0 Å². The van der Waals surface area contributed by atoms with Gasteiger partial charge in [0.25, 0.3) is 0 Å². The summed E-state index contributed by atoms with van der Waals surface area (Å²) in [6.07, 6.45) is 7.57. The predicted octanol–water partition coefficient (Wildman–Crippen LogP) is 2.40. The first-order valence-corrected chi connectivity index (χ1v) is 7.89. The molecule has 1 aromatic carbocycles. The average molecular weight is 279 g/mol. The van der Waals surface area contributed by atoms with Gasteiger partial charge in [-0.2, -0.15) is 0 Å². The van der Waals surface area contributed by atoms with Gasteiger partial charge in [-0.05, 0) is 36.0 Å². The second-order valence-corrected chi connectivity index (χ2v) is 6.05. The summed E-state index contributed by atoms with van der Waals surface area (Å²) in [5, 5.41) is 3.51. The summed E-state index contributed by atoms with van der Waals surface area (Å²) in [4.78, 5) is 7.09. The molecule has 108 valence electrons. The zero-order valence-electron chi connectivity index (χ0n) is 12.3. The van der Waals surface area contributed by atoms with Crippen molar-refractivity contribution < 1.29 is 0 Å². The molecule has 21 heavy (non-hydrogen) atoms. The Hall–Kier alpha value is -1.87. The third kappa shape index (κ3) is 2.42. The Morgan fingerprint density at radius 2 is 2.10 bits per heavy atom. The molecule has 0 amide bonds. The predicted molar refractivity (Wildman–Crippen MR) is 85.8 cm³/mol. The standard InChI is InChI=1S/C18H21N3/c1-2-4-14(5-3-1)10-15-11-20-13-18-17(15)7-6-16-12-19-8-9-21(16)18/h1-5,11,13,16,19H,6-10,12H2/t16-/m1/s1. The first kappa shape index (κ1) is 12.8. The number of nitrogens with one attached hydrogen (secondary N) is 1. The van der Waals surface area contributed by atoms with Gasteiger partial charge < -0.3 is 10.2 Å². The minimum Gasteiger partial charge on any atom is -0.365 e. The highest BCUT2D eigenvalue weighted by atomic mass is 15.2. The van der Waals surface area contributed by atoms with Gasteiger partial charge in [-0.25, -0.2) is 0 Å². The van der Waals surface area contributed by atoms with Crippen molar-refractivity contribution in [3.63, 3.8) is 0 Å². The summed E-state index contributed by atoms with van der Waals surface area (Å²) in [5.74, 6) is 0. The molecule has 2 aliphatic heterocycles. The maximum absolute atomic E-state index is 4.52. The molecule has 0 bridgehead atoms. The van der Waals surface area contributed by atoms with Crippen LogP contribution >= 0.6 is 0 Å². The van der Waals surface area contributed by atoms with E-state index in [2.05, 4.69) is 57.9 Å². The smallest absolute Gasteiger partial charge is 0.0591 e. The molecule has 3 heterocycles. The Morgan fingerprint density at radius 3 is 3.00 bits per heavy atom. The fraction of sp³-hybridized carbons (Fsp3) is 0.389. The second kappa shape index (κ2) is 5.49. The molecule has 3 heteroatoms. The second-order valence-electron chi connectivity index (χ2n) is 6.05. The number of aromatic nitrogens is 1. The molecule has 0 saturated carbocycles. The molecule has 0 radical (unpaired) electrons. The Balaban J connectivity index is 1.68. The van der Waals surface area contributed by atoms with Gasteiger partial charge in [0.15, 0.2) is 0 Å². The Labute approximate surface area is 126 Å². The minimum absolute atomic E-state index is 0.653. The SMILES string of the molecule is c1ccc(Cc2cncc3c2CC[C@@H]2CNCCN32)cc1. The Kier molecular flexibility index (Phi) is 3.36. The van der Waals surface area contributed by atoms with Crippen LogP contribution in [0.1, 0.15) is 23.1 Å². The highest BCUT2D eigenvalue weighted by Gasteiger charge is 2.29. The normalized spacial score (nSPS) is 20.8. The van der Waals surface area contributed by atoms with Gasteiger partial charge in [0.05, 0.1) is 11.9 Å². The number of rotatable bonds is 2. The largest absolute Gasteiger partial charge is 0.365 e. The fourth-order valence-corrected chi connectivity index (χ4v) is 3.67. The van der Waals surface area contributed by atoms with Gasteiger partial charge in [0, 0.05) is 31.9 Å². The van der Waals surface area contributed by atoms with Crippen molar-refractivity contribution in [1.29, 1.82) is 0 Å². The topological polar surface area (TPSA) is 28.2 Å². The van der Waals surface area contributed by atoms with E-state index < -0.39 is 0 Å². The van der Waals surface area contributed by atoms with E-state index in [1.54, 1.807) is 0 Å². The lowest BCUT2D eigenvalue weighted by molar-refractivity contribution is 0.438. The van der Waals surface area contributed by atoms with Gasteiger partial charge in [0.1, 0.15) is 0 Å². The van der Waals surface area contributed by atoms with Gasteiger partial charge >= 0.3 is 0 Å². The number of hydrogen-bond donors (Lipinski definition) is 1. The van der Waals surface area contributed by atoms with Crippen LogP contribution in [0.25, 0.3) is 0 Å². The molecule has 1 aromatic heterocycles. The van der Waals surface area contributed by atoms with E-state index in [9.17, 15) is 0 Å². The van der Waals surface area contributed by atoms with Crippen LogP contribution in [0.15, 0.2) is 42.7 Å². The van der Waals surface area contributed by atoms with E-state index in [-0.39, 0.29) is 0 Å². The maximum Gasteiger partial charge on any atom is 0.0591 e. The first-order valence-electron chi connectivity index (χ1n) is 7.89. The van der Waals surface area contributed by atoms with E-state index in [4.69, 9.17) is 0 Å². The number of pyridine rings is 1. The van der Waals surface area contributed by atoms with Gasteiger partial charge in [-0.3, -0.25) is 4.98 Å². The molecular formula is C18H21N3. The zero-order valence-corrected chi connectivity index (χ0v) is 12.3. The van der Waals surface area contributed by atoms with Crippen LogP contribution in [-0.4, -0.2) is 30.7 Å². The summed E-state index contributed by atoms with van der Waals surface area (Å²) in [5.41, 5.74) is 5.67. The van der Waals surface area contributed by atoms with Crippen molar-refractivity contribution in [3.05, 3.63) is 59.4 Å². The zero-order chi connectivity index (χ0) is 14.1. The quantitative estimate of drug-likeness (QED) is 0.915. The lowest BCUT2D eigenvalue weighted by Gasteiger charge is -2.42. The number of piperazine rings is 1. The van der Waals surface area contributed by atoms with E-state index in [0.29, 0.717) is 6.04 Å². The van der Waals surface area contributed by atoms with E-state index in [0.717, 1.165) is 26.1 Å². The summed E-state index contributed by atoms with van der Waals surface area (Å²) >= 11 is 0. The number of nitrogens with zero attached hydrogens (tertiary/aromatic N) is 2. The van der Waals surface area contributed by atoms with Crippen LogP contribution in [0.5, 0.6) is 0 Å². The Morgan fingerprint density at radius 1 is 1.19 bits per heavy atom. The molecule has 0 aliphatic carbocycles. The van der Waals surface area contributed by atoms with Crippen molar-refractivity contribution in [2.45, 2.75) is 25.3 Å². The van der Waals surface area contributed by atoms with Crippen molar-refractivity contribution in [2.24, 2.45) is 0 Å². The van der Waals surface area contributed by atoms with Crippen LogP contribution in [0.2, 0.25) is 0 Å². The summed E-state index contributed by atoms with van der Waals surface area (Å²) in [7, 11) is 0. The van der Waals surface area contributed by atoms with Crippen LogP contribution in [0.3, 0.4) is 0 Å². The monoisotopic (exact) mass is 279 g/mol. The number of benzene rings is 1. The molecule has 1 N–H and O–H groups in total. The van der Waals surface area contributed by atoms with Gasteiger partial charge in [0.2, 0.25) is 0 Å². The van der Waals surface area contributed by atoms with Crippen molar-refractivity contribution in [3.8, 4) is 0 Å². The average Bonchev–Trinajstić information content (AvgIpc) is 2.56. The maximum atomic E-state index is 4.52. The van der Waals surface area contributed by atoms with E-state index in [1.165, 1.54) is 35.2 Å². The molecule has 1 saturated heterocycles.